The predicted molar refractivity (Wildman–Crippen MR) is 73.7 cm³/mol. The maximum Gasteiger partial charge on any atom is 0.174 e. The van der Waals surface area contributed by atoms with Crippen molar-refractivity contribution < 1.29 is 9.47 Å². The van der Waals surface area contributed by atoms with Gasteiger partial charge in [-0.05, 0) is 6.26 Å². The number of aromatic nitrogens is 3. The monoisotopic (exact) mass is 291 g/mol. The first-order chi connectivity index (χ1) is 9.83. The highest BCUT2D eigenvalue weighted by Gasteiger charge is 2.19. The Morgan fingerprint density at radius 1 is 1.55 bits per heavy atom. The molecule has 0 aliphatic carbocycles. The summed E-state index contributed by atoms with van der Waals surface area (Å²) in [5.41, 5.74) is 1.18. The number of anilines is 1. The lowest BCUT2D eigenvalue weighted by atomic mass is 10.3. The number of ether oxygens (including phenoxy) is 2. The summed E-state index contributed by atoms with van der Waals surface area (Å²) in [7, 11) is 0. The summed E-state index contributed by atoms with van der Waals surface area (Å²) in [6.07, 6.45) is 3.25. The third-order valence-electron chi connectivity index (χ3n) is 2.93. The van der Waals surface area contributed by atoms with Gasteiger partial charge in [-0.3, -0.25) is 0 Å². The van der Waals surface area contributed by atoms with Crippen molar-refractivity contribution in [2.45, 2.75) is 11.3 Å². The summed E-state index contributed by atoms with van der Waals surface area (Å²) >= 11 is 1.43. The fourth-order valence-corrected chi connectivity index (χ4v) is 2.57. The molecule has 3 rings (SSSR count). The van der Waals surface area contributed by atoms with Crippen LogP contribution in [0.1, 0.15) is 5.56 Å². The second-order valence-corrected chi connectivity index (χ2v) is 4.90. The van der Waals surface area contributed by atoms with Crippen LogP contribution >= 0.6 is 11.8 Å². The van der Waals surface area contributed by atoms with E-state index < -0.39 is 0 Å². The number of nitriles is 1. The van der Waals surface area contributed by atoms with Crippen molar-refractivity contribution in [3.8, 4) is 6.07 Å². The highest BCUT2D eigenvalue weighted by atomic mass is 32.2. The van der Waals surface area contributed by atoms with E-state index in [0.717, 1.165) is 0 Å². The molecule has 0 spiro atoms. The number of hydrogen-bond acceptors (Lipinski definition) is 7. The van der Waals surface area contributed by atoms with Gasteiger partial charge in [0.1, 0.15) is 16.7 Å². The fourth-order valence-electron chi connectivity index (χ4n) is 2.04. The average molecular weight is 291 g/mol. The van der Waals surface area contributed by atoms with Crippen molar-refractivity contribution in [3.63, 3.8) is 0 Å². The molecule has 2 aromatic heterocycles. The van der Waals surface area contributed by atoms with E-state index in [1.807, 2.05) is 6.26 Å². The molecule has 0 radical (unpaired) electrons. The molecule has 0 atom stereocenters. The van der Waals surface area contributed by atoms with Crippen LogP contribution in [0.25, 0.3) is 5.65 Å². The van der Waals surface area contributed by atoms with E-state index in [-0.39, 0.29) is 6.29 Å². The largest absolute Gasteiger partial charge is 0.364 e. The normalized spacial score (nSPS) is 15.6. The van der Waals surface area contributed by atoms with E-state index in [1.165, 1.54) is 11.8 Å². The molecule has 0 unspecified atom stereocenters. The highest BCUT2D eigenvalue weighted by Crippen LogP contribution is 2.25. The van der Waals surface area contributed by atoms with E-state index in [2.05, 4.69) is 21.5 Å². The first-order valence-corrected chi connectivity index (χ1v) is 7.35. The molecule has 104 valence electrons. The lowest BCUT2D eigenvalue weighted by Gasteiger charge is -2.14. The number of fused-ring (bicyclic) bond motifs is 1. The topological polar surface area (TPSA) is 84.5 Å². The molecule has 7 nitrogen and oxygen atoms in total. The van der Waals surface area contributed by atoms with Crippen molar-refractivity contribution in [1.82, 2.24) is 14.6 Å². The molecule has 1 fully saturated rings. The third kappa shape index (κ3) is 2.31. The third-order valence-corrected chi connectivity index (χ3v) is 3.62. The molecule has 1 N–H and O–H groups in total. The number of nitrogens with zero attached hydrogens (tertiary/aromatic N) is 4. The second-order valence-electron chi connectivity index (χ2n) is 4.11. The zero-order valence-electron chi connectivity index (χ0n) is 10.9. The van der Waals surface area contributed by atoms with Crippen LogP contribution in [0, 0.1) is 11.3 Å². The van der Waals surface area contributed by atoms with Gasteiger partial charge in [0.05, 0.1) is 26.0 Å². The second kappa shape index (κ2) is 5.66. The molecule has 0 amide bonds. The lowest BCUT2D eigenvalue weighted by Crippen LogP contribution is -2.22. The summed E-state index contributed by atoms with van der Waals surface area (Å²) < 4.78 is 12.4. The van der Waals surface area contributed by atoms with E-state index >= 15 is 0 Å². The molecule has 0 bridgehead atoms. The van der Waals surface area contributed by atoms with Gasteiger partial charge in [-0.25, -0.2) is 4.98 Å². The van der Waals surface area contributed by atoms with Gasteiger partial charge in [0.2, 0.25) is 0 Å². The summed E-state index contributed by atoms with van der Waals surface area (Å²) in [4.78, 5) is 4.40. The minimum atomic E-state index is -0.293. The summed E-state index contributed by atoms with van der Waals surface area (Å²) in [5, 5.41) is 17.4. The number of rotatable bonds is 4. The SMILES string of the molecule is CSc1nc2ccnn2c(NCC2OCCO2)c1C#N. The van der Waals surface area contributed by atoms with Crippen molar-refractivity contribution in [2.75, 3.05) is 31.3 Å². The number of thioether (sulfide) groups is 1. The Morgan fingerprint density at radius 3 is 3.05 bits per heavy atom. The van der Waals surface area contributed by atoms with E-state index in [0.29, 0.717) is 41.8 Å². The van der Waals surface area contributed by atoms with Gasteiger partial charge in [-0.15, -0.1) is 11.8 Å². The Kier molecular flexibility index (Phi) is 3.73. The quantitative estimate of drug-likeness (QED) is 0.667. The van der Waals surface area contributed by atoms with Crippen LogP contribution in [-0.4, -0.2) is 46.9 Å². The number of hydrogen-bond donors (Lipinski definition) is 1. The Balaban J connectivity index is 1.97. The molecule has 0 saturated carbocycles. The zero-order chi connectivity index (χ0) is 13.9. The summed E-state index contributed by atoms with van der Waals surface area (Å²) in [5.74, 6) is 0.617. The van der Waals surface area contributed by atoms with E-state index in [1.54, 1.807) is 16.8 Å². The molecule has 1 aliphatic rings. The summed E-state index contributed by atoms with van der Waals surface area (Å²) in [6.45, 7) is 1.66. The lowest BCUT2D eigenvalue weighted by molar-refractivity contribution is -0.0300. The molecule has 3 heterocycles. The average Bonchev–Trinajstić information content (AvgIpc) is 3.14. The standard InChI is InChI=1S/C12H13N5O2S/c1-20-12-8(6-13)11(14-7-10-18-4-5-19-10)17-9(16-12)2-3-15-17/h2-3,10,14H,4-5,7H2,1H3. The molecular formula is C12H13N5O2S. The summed E-state index contributed by atoms with van der Waals surface area (Å²) in [6, 6.07) is 3.98. The maximum atomic E-state index is 9.37. The molecule has 20 heavy (non-hydrogen) atoms. The molecular weight excluding hydrogens is 278 g/mol. The molecule has 1 aliphatic heterocycles. The molecule has 2 aromatic rings. The Hall–Kier alpha value is -1.82. The van der Waals surface area contributed by atoms with Crippen LogP contribution < -0.4 is 5.32 Å². The Labute approximate surface area is 119 Å². The fraction of sp³-hybridized carbons (Fsp3) is 0.417. The van der Waals surface area contributed by atoms with Crippen LogP contribution in [0.3, 0.4) is 0 Å². The van der Waals surface area contributed by atoms with Crippen molar-refractivity contribution >= 4 is 23.2 Å². The molecule has 8 heteroatoms. The van der Waals surface area contributed by atoms with Gasteiger partial charge >= 0.3 is 0 Å². The van der Waals surface area contributed by atoms with Gasteiger partial charge in [0.15, 0.2) is 17.8 Å². The maximum absolute atomic E-state index is 9.37. The predicted octanol–water partition coefficient (Wildman–Crippen LogP) is 1.11. The van der Waals surface area contributed by atoms with Gasteiger partial charge in [0.25, 0.3) is 0 Å². The van der Waals surface area contributed by atoms with Crippen molar-refractivity contribution in [2.24, 2.45) is 0 Å². The van der Waals surface area contributed by atoms with Gasteiger partial charge in [0, 0.05) is 6.07 Å². The minimum absolute atomic E-state index is 0.293. The zero-order valence-corrected chi connectivity index (χ0v) is 11.7. The van der Waals surface area contributed by atoms with E-state index in [4.69, 9.17) is 9.47 Å². The van der Waals surface area contributed by atoms with Gasteiger partial charge in [-0.2, -0.15) is 14.9 Å². The first kappa shape index (κ1) is 13.2. The minimum Gasteiger partial charge on any atom is -0.364 e. The van der Waals surface area contributed by atoms with Crippen LogP contribution in [-0.2, 0) is 9.47 Å². The number of nitrogens with one attached hydrogen (secondary N) is 1. The Bertz CT molecular complexity index is 660. The van der Waals surface area contributed by atoms with Crippen LogP contribution in [0.2, 0.25) is 0 Å². The van der Waals surface area contributed by atoms with Crippen LogP contribution in [0.5, 0.6) is 0 Å². The Morgan fingerprint density at radius 2 is 2.35 bits per heavy atom. The van der Waals surface area contributed by atoms with Gasteiger partial charge in [-0.1, -0.05) is 0 Å². The van der Waals surface area contributed by atoms with Crippen LogP contribution in [0.4, 0.5) is 5.82 Å². The highest BCUT2D eigenvalue weighted by molar-refractivity contribution is 7.98. The first-order valence-electron chi connectivity index (χ1n) is 6.12. The molecule has 1 saturated heterocycles. The van der Waals surface area contributed by atoms with Crippen LogP contribution in [0.15, 0.2) is 17.3 Å². The smallest absolute Gasteiger partial charge is 0.174 e. The molecule has 0 aromatic carbocycles. The van der Waals surface area contributed by atoms with Gasteiger partial charge < -0.3 is 14.8 Å². The van der Waals surface area contributed by atoms with E-state index in [9.17, 15) is 5.26 Å². The van der Waals surface area contributed by atoms with Crippen molar-refractivity contribution in [3.05, 3.63) is 17.8 Å². The van der Waals surface area contributed by atoms with Crippen molar-refractivity contribution in [1.29, 1.82) is 5.26 Å².